The minimum absolute atomic E-state index is 0.0505. The highest BCUT2D eigenvalue weighted by Gasteiger charge is 2.14. The van der Waals surface area contributed by atoms with Gasteiger partial charge in [-0.3, -0.25) is 0 Å². The van der Waals surface area contributed by atoms with Crippen molar-refractivity contribution in [2.75, 3.05) is 13.7 Å². The molecule has 2 heterocycles. The number of imidazole rings is 1. The van der Waals surface area contributed by atoms with Gasteiger partial charge in [0.15, 0.2) is 0 Å². The molecule has 7 nitrogen and oxygen atoms in total. The molecule has 2 aromatic heterocycles. The molecular weight excluding hydrogens is 397 g/mol. The number of halogens is 1. The quantitative estimate of drug-likeness (QED) is 0.449. The van der Waals surface area contributed by atoms with E-state index >= 15 is 4.39 Å². The first kappa shape index (κ1) is 20.9. The first-order valence-corrected chi connectivity index (χ1v) is 10.1. The van der Waals surface area contributed by atoms with E-state index in [4.69, 9.17) is 4.74 Å². The Labute approximate surface area is 179 Å². The van der Waals surface area contributed by atoms with Crippen molar-refractivity contribution in [3.8, 4) is 22.5 Å². The van der Waals surface area contributed by atoms with Gasteiger partial charge in [0.25, 0.3) is 0 Å². The fourth-order valence-electron chi connectivity index (χ4n) is 3.53. The van der Waals surface area contributed by atoms with Crippen LogP contribution in [-0.4, -0.2) is 43.1 Å². The second kappa shape index (κ2) is 9.63. The molecule has 31 heavy (non-hydrogen) atoms. The monoisotopic (exact) mass is 421 g/mol. The molecule has 0 atom stereocenters. The number of hydrogen-bond donors (Lipinski definition) is 1. The molecule has 4 rings (SSSR count). The predicted octanol–water partition coefficient (Wildman–Crippen LogP) is 3.33. The van der Waals surface area contributed by atoms with Crippen molar-refractivity contribution in [3.05, 3.63) is 78.4 Å². The average Bonchev–Trinajstić information content (AvgIpc) is 3.45. The largest absolute Gasteiger partial charge is 0.392 e. The van der Waals surface area contributed by atoms with Crippen LogP contribution in [0.1, 0.15) is 11.4 Å². The fourth-order valence-corrected chi connectivity index (χ4v) is 3.53. The van der Waals surface area contributed by atoms with Crippen LogP contribution in [-0.2, 0) is 30.9 Å². The van der Waals surface area contributed by atoms with Gasteiger partial charge in [0.2, 0.25) is 0 Å². The lowest BCUT2D eigenvalue weighted by Gasteiger charge is -2.11. The van der Waals surface area contributed by atoms with E-state index in [9.17, 15) is 5.11 Å². The van der Waals surface area contributed by atoms with Gasteiger partial charge < -0.3 is 19.0 Å². The Morgan fingerprint density at radius 1 is 1.06 bits per heavy atom. The highest BCUT2D eigenvalue weighted by Crippen LogP contribution is 2.28. The molecule has 0 unspecified atom stereocenters. The van der Waals surface area contributed by atoms with E-state index < -0.39 is 0 Å². The number of aliphatic hydroxyl groups is 1. The summed E-state index contributed by atoms with van der Waals surface area (Å²) in [7, 11) is 1.66. The zero-order valence-corrected chi connectivity index (χ0v) is 17.3. The predicted molar refractivity (Wildman–Crippen MR) is 115 cm³/mol. The topological polar surface area (TPSA) is 78.0 Å². The molecular formula is C23H24FN5O2. The Morgan fingerprint density at radius 2 is 1.94 bits per heavy atom. The number of ether oxygens (including phenoxy) is 1. The van der Waals surface area contributed by atoms with E-state index in [0.29, 0.717) is 37.5 Å². The molecule has 0 amide bonds. The van der Waals surface area contributed by atoms with Gasteiger partial charge in [-0.05, 0) is 34.9 Å². The maximum atomic E-state index is 15.0. The first-order chi connectivity index (χ1) is 15.2. The van der Waals surface area contributed by atoms with Crippen LogP contribution in [0.15, 0.2) is 61.2 Å². The van der Waals surface area contributed by atoms with Crippen LogP contribution in [0.25, 0.3) is 22.5 Å². The van der Waals surface area contributed by atoms with Crippen molar-refractivity contribution in [3.63, 3.8) is 0 Å². The maximum Gasteiger partial charge on any atom is 0.142 e. The van der Waals surface area contributed by atoms with Gasteiger partial charge in [-0.15, -0.1) is 10.2 Å². The highest BCUT2D eigenvalue weighted by atomic mass is 19.1. The number of aryl methyl sites for hydroxylation is 2. The van der Waals surface area contributed by atoms with E-state index in [1.54, 1.807) is 25.7 Å². The zero-order valence-electron chi connectivity index (χ0n) is 17.3. The minimum atomic E-state index is -0.345. The average molecular weight is 421 g/mol. The maximum absolute atomic E-state index is 15.0. The second-order valence-electron chi connectivity index (χ2n) is 7.18. The molecule has 8 heteroatoms. The van der Waals surface area contributed by atoms with Crippen LogP contribution in [0.3, 0.4) is 0 Å². The summed E-state index contributed by atoms with van der Waals surface area (Å²) in [6, 6.07) is 12.6. The Bertz CT molecular complexity index is 1150. The second-order valence-corrected chi connectivity index (χ2v) is 7.18. The molecule has 0 saturated heterocycles. The van der Waals surface area contributed by atoms with E-state index in [0.717, 1.165) is 22.5 Å². The number of methoxy groups -OCH3 is 1. The van der Waals surface area contributed by atoms with Crippen molar-refractivity contribution < 1.29 is 14.2 Å². The summed E-state index contributed by atoms with van der Waals surface area (Å²) in [6.07, 6.45) is 5.83. The van der Waals surface area contributed by atoms with E-state index in [1.165, 1.54) is 6.07 Å². The van der Waals surface area contributed by atoms with Crippen LogP contribution >= 0.6 is 0 Å². The van der Waals surface area contributed by atoms with E-state index in [-0.39, 0.29) is 12.4 Å². The van der Waals surface area contributed by atoms with Gasteiger partial charge in [0.1, 0.15) is 23.8 Å². The third-order valence-corrected chi connectivity index (χ3v) is 5.18. The molecule has 0 fully saturated rings. The molecule has 4 aromatic rings. The Balaban J connectivity index is 1.54. The van der Waals surface area contributed by atoms with Gasteiger partial charge in [-0.1, -0.05) is 24.3 Å². The highest BCUT2D eigenvalue weighted by molar-refractivity contribution is 5.69. The summed E-state index contributed by atoms with van der Waals surface area (Å²) >= 11 is 0. The Hall–Kier alpha value is -3.36. The minimum Gasteiger partial charge on any atom is -0.392 e. The normalized spacial score (nSPS) is 11.2. The van der Waals surface area contributed by atoms with Crippen molar-refractivity contribution in [1.82, 2.24) is 24.3 Å². The standard InChI is InChI=1S/C23H24FN5O2/c1-31-12-11-29-16-26-27-22(29)7-9-28-10-8-25-23(28)20-6-5-19(14-21(20)24)18-4-2-3-17(13-18)15-30/h2-6,8,10,13-14,16,30H,7,9,11-12,15H2,1H3. The third-order valence-electron chi connectivity index (χ3n) is 5.18. The molecule has 0 aliphatic carbocycles. The lowest BCUT2D eigenvalue weighted by Crippen LogP contribution is -2.11. The van der Waals surface area contributed by atoms with Gasteiger partial charge in [0, 0.05) is 39.0 Å². The molecule has 0 radical (unpaired) electrons. The van der Waals surface area contributed by atoms with Gasteiger partial charge in [-0.25, -0.2) is 9.37 Å². The Morgan fingerprint density at radius 3 is 2.74 bits per heavy atom. The van der Waals surface area contributed by atoms with Gasteiger partial charge >= 0.3 is 0 Å². The molecule has 0 bridgehead atoms. The summed E-state index contributed by atoms with van der Waals surface area (Å²) in [5.74, 6) is 1.06. The number of aromatic nitrogens is 5. The molecule has 160 valence electrons. The number of nitrogens with zero attached hydrogens (tertiary/aromatic N) is 5. The third kappa shape index (κ3) is 4.70. The molecule has 0 aliphatic rings. The smallest absolute Gasteiger partial charge is 0.142 e. The number of rotatable bonds is 9. The van der Waals surface area contributed by atoms with Crippen molar-refractivity contribution in [2.45, 2.75) is 26.1 Å². The van der Waals surface area contributed by atoms with Crippen molar-refractivity contribution in [2.24, 2.45) is 0 Å². The van der Waals surface area contributed by atoms with Crippen LogP contribution in [0.2, 0.25) is 0 Å². The molecule has 0 saturated carbocycles. The van der Waals surface area contributed by atoms with Crippen molar-refractivity contribution >= 4 is 0 Å². The fraction of sp³-hybridized carbons (Fsp3) is 0.261. The summed E-state index contributed by atoms with van der Waals surface area (Å²) in [4.78, 5) is 4.38. The summed E-state index contributed by atoms with van der Waals surface area (Å²) in [5, 5.41) is 17.5. The lowest BCUT2D eigenvalue weighted by atomic mass is 10.0. The number of benzene rings is 2. The lowest BCUT2D eigenvalue weighted by molar-refractivity contribution is 0.186. The number of aliphatic hydroxyl groups excluding tert-OH is 1. The summed E-state index contributed by atoms with van der Waals surface area (Å²) < 4.78 is 24.0. The molecule has 0 spiro atoms. The van der Waals surface area contributed by atoms with Crippen LogP contribution in [0.4, 0.5) is 4.39 Å². The van der Waals surface area contributed by atoms with Gasteiger partial charge in [-0.2, -0.15) is 0 Å². The van der Waals surface area contributed by atoms with Crippen LogP contribution < -0.4 is 0 Å². The molecule has 1 N–H and O–H groups in total. The first-order valence-electron chi connectivity index (χ1n) is 10.1. The SMILES string of the molecule is COCCn1cnnc1CCn1ccnc1-c1ccc(-c2cccc(CO)c2)cc1F. The zero-order chi connectivity index (χ0) is 21.6. The summed E-state index contributed by atoms with van der Waals surface area (Å²) in [6.45, 7) is 1.81. The van der Waals surface area contributed by atoms with Crippen molar-refractivity contribution in [1.29, 1.82) is 0 Å². The van der Waals surface area contributed by atoms with Crippen LogP contribution in [0.5, 0.6) is 0 Å². The molecule has 2 aromatic carbocycles. The van der Waals surface area contributed by atoms with E-state index in [2.05, 4.69) is 15.2 Å². The van der Waals surface area contributed by atoms with Gasteiger partial charge in [0.05, 0.1) is 18.8 Å². The Kier molecular flexibility index (Phi) is 6.49. The molecule has 0 aliphatic heterocycles. The number of hydrogen-bond acceptors (Lipinski definition) is 5. The van der Waals surface area contributed by atoms with E-state index in [1.807, 2.05) is 45.7 Å². The summed E-state index contributed by atoms with van der Waals surface area (Å²) in [5.41, 5.74) is 2.83. The van der Waals surface area contributed by atoms with Crippen LogP contribution in [0, 0.1) is 5.82 Å².